The summed E-state index contributed by atoms with van der Waals surface area (Å²) < 4.78 is 16.0. The van der Waals surface area contributed by atoms with E-state index in [9.17, 15) is 9.90 Å². The number of amides is 1. The number of hydrogen-bond donors (Lipinski definition) is 1. The molecule has 8 nitrogen and oxygen atoms in total. The van der Waals surface area contributed by atoms with Gasteiger partial charge < -0.3 is 19.0 Å². The smallest absolute Gasteiger partial charge is 0.267 e. The minimum absolute atomic E-state index is 0.0453. The molecule has 1 amide bonds. The van der Waals surface area contributed by atoms with Crippen LogP contribution < -0.4 is 9.47 Å². The lowest BCUT2D eigenvalue weighted by Gasteiger charge is -2.12. The summed E-state index contributed by atoms with van der Waals surface area (Å²) in [5.74, 6) is 1.57. The van der Waals surface area contributed by atoms with Crippen molar-refractivity contribution in [1.82, 2.24) is 4.90 Å². The van der Waals surface area contributed by atoms with E-state index in [1.54, 1.807) is 49.9 Å². The Morgan fingerprint density at radius 2 is 1.94 bits per heavy atom. The van der Waals surface area contributed by atoms with Crippen LogP contribution in [0.25, 0.3) is 6.08 Å². The molecule has 2 aromatic carbocycles. The van der Waals surface area contributed by atoms with Crippen LogP contribution in [0.2, 0.25) is 0 Å². The lowest BCUT2D eigenvalue weighted by atomic mass is 10.2. The molecule has 0 atom stereocenters. The van der Waals surface area contributed by atoms with Gasteiger partial charge in [-0.1, -0.05) is 6.07 Å². The molecule has 1 fully saturated rings. The van der Waals surface area contributed by atoms with Crippen molar-refractivity contribution < 1.29 is 23.8 Å². The fourth-order valence-electron chi connectivity index (χ4n) is 3.16. The number of benzene rings is 2. The standard InChI is InChI=1S/C25H23N3O5S/c1-3-32-22-13-18(8-11-21(22)29)14-23-24(30)28(16-20-5-4-12-33-20)25(34-23)27-26-15-17-6-9-19(31-2)10-7-17/h4-15,29H,3,16H2,1-2H3/b23-14-,26-15+,27-25-. The van der Waals surface area contributed by atoms with Crippen molar-refractivity contribution in [3.63, 3.8) is 0 Å². The summed E-state index contributed by atoms with van der Waals surface area (Å²) in [6.07, 6.45) is 4.91. The van der Waals surface area contributed by atoms with Crippen LogP contribution in [-0.4, -0.2) is 41.0 Å². The Kier molecular flexibility index (Phi) is 7.34. The number of ether oxygens (including phenoxy) is 2. The second-order valence-electron chi connectivity index (χ2n) is 7.14. The van der Waals surface area contributed by atoms with E-state index in [0.717, 1.165) is 16.9 Å². The molecule has 0 spiro atoms. The molecular formula is C25H23N3O5S. The van der Waals surface area contributed by atoms with Gasteiger partial charge in [0.15, 0.2) is 16.7 Å². The van der Waals surface area contributed by atoms with Crippen LogP contribution in [0.15, 0.2) is 80.4 Å². The largest absolute Gasteiger partial charge is 0.504 e. The highest BCUT2D eigenvalue weighted by Crippen LogP contribution is 2.35. The first-order valence-electron chi connectivity index (χ1n) is 10.5. The van der Waals surface area contributed by atoms with Crippen molar-refractivity contribution in [1.29, 1.82) is 0 Å². The molecular weight excluding hydrogens is 454 g/mol. The third-order valence-electron chi connectivity index (χ3n) is 4.83. The van der Waals surface area contributed by atoms with E-state index in [1.807, 2.05) is 31.2 Å². The van der Waals surface area contributed by atoms with Crippen LogP contribution in [0.5, 0.6) is 17.2 Å². The molecule has 174 valence electrons. The van der Waals surface area contributed by atoms with E-state index < -0.39 is 0 Å². The number of thioether (sulfide) groups is 1. The van der Waals surface area contributed by atoms with Gasteiger partial charge in [0.25, 0.3) is 5.91 Å². The molecule has 0 aliphatic carbocycles. The van der Waals surface area contributed by atoms with Crippen LogP contribution in [0, 0.1) is 0 Å². The molecule has 0 unspecified atom stereocenters. The van der Waals surface area contributed by atoms with E-state index in [1.165, 1.54) is 22.7 Å². The van der Waals surface area contributed by atoms with Gasteiger partial charge in [0.1, 0.15) is 11.5 Å². The number of rotatable bonds is 8. The Balaban J connectivity index is 1.60. The molecule has 4 rings (SSSR count). The van der Waals surface area contributed by atoms with Crippen LogP contribution in [0.1, 0.15) is 23.8 Å². The number of carbonyl (C=O) groups excluding carboxylic acids is 1. The van der Waals surface area contributed by atoms with Crippen molar-refractivity contribution in [2.24, 2.45) is 10.2 Å². The van der Waals surface area contributed by atoms with Crippen molar-refractivity contribution in [2.75, 3.05) is 13.7 Å². The first-order chi connectivity index (χ1) is 16.6. The first kappa shape index (κ1) is 23.2. The van der Waals surface area contributed by atoms with Crippen LogP contribution >= 0.6 is 11.8 Å². The molecule has 1 saturated heterocycles. The lowest BCUT2D eigenvalue weighted by molar-refractivity contribution is -0.122. The molecule has 1 aliphatic heterocycles. The normalized spacial score (nSPS) is 16.2. The number of methoxy groups -OCH3 is 1. The molecule has 9 heteroatoms. The SMILES string of the molecule is CCOc1cc(/C=C2\S/C(=N\N=C\c3ccc(OC)cc3)N(Cc3ccco3)C2=O)ccc1O. The summed E-state index contributed by atoms with van der Waals surface area (Å²) in [5.41, 5.74) is 1.57. The summed E-state index contributed by atoms with van der Waals surface area (Å²) >= 11 is 1.22. The Morgan fingerprint density at radius 3 is 2.65 bits per heavy atom. The molecule has 0 bridgehead atoms. The van der Waals surface area contributed by atoms with Crippen molar-refractivity contribution in [3.05, 3.63) is 82.7 Å². The van der Waals surface area contributed by atoms with Crippen LogP contribution in [0.4, 0.5) is 0 Å². The van der Waals surface area contributed by atoms with Gasteiger partial charge >= 0.3 is 0 Å². The average molecular weight is 478 g/mol. The number of furan rings is 1. The average Bonchev–Trinajstić information content (AvgIpc) is 3.46. The Hall–Kier alpha value is -3.98. The first-order valence-corrected chi connectivity index (χ1v) is 11.3. The number of nitrogens with zero attached hydrogens (tertiary/aromatic N) is 3. The van der Waals surface area contributed by atoms with Crippen LogP contribution in [-0.2, 0) is 11.3 Å². The summed E-state index contributed by atoms with van der Waals surface area (Å²) in [5, 5.41) is 18.9. The third kappa shape index (κ3) is 5.49. The fourth-order valence-corrected chi connectivity index (χ4v) is 4.09. The second-order valence-corrected chi connectivity index (χ2v) is 8.15. The van der Waals surface area contributed by atoms with Gasteiger partial charge in [0.2, 0.25) is 0 Å². The Labute approximate surface area is 201 Å². The number of aromatic hydroxyl groups is 1. The van der Waals surface area contributed by atoms with Gasteiger partial charge in [-0.2, -0.15) is 5.10 Å². The quantitative estimate of drug-likeness (QED) is 0.282. The van der Waals surface area contributed by atoms with Crippen LogP contribution in [0.3, 0.4) is 0 Å². The molecule has 2 heterocycles. The van der Waals surface area contributed by atoms with E-state index in [-0.39, 0.29) is 18.2 Å². The van der Waals surface area contributed by atoms with E-state index in [2.05, 4.69) is 10.2 Å². The predicted octanol–water partition coefficient (Wildman–Crippen LogP) is 4.90. The van der Waals surface area contributed by atoms with Gasteiger partial charge in [-0.15, -0.1) is 5.10 Å². The van der Waals surface area contributed by atoms with Gasteiger partial charge in [0.05, 0.1) is 37.6 Å². The van der Waals surface area contributed by atoms with E-state index >= 15 is 0 Å². The Bertz CT molecular complexity index is 1230. The number of amidine groups is 1. The van der Waals surface area contributed by atoms with Crippen molar-refractivity contribution in [3.8, 4) is 17.2 Å². The molecule has 1 aromatic heterocycles. The van der Waals surface area contributed by atoms with Gasteiger partial charge in [-0.3, -0.25) is 9.69 Å². The van der Waals surface area contributed by atoms with Gasteiger partial charge in [0, 0.05) is 0 Å². The second kappa shape index (κ2) is 10.8. The topological polar surface area (TPSA) is 96.9 Å². The maximum atomic E-state index is 13.2. The minimum atomic E-state index is -0.217. The highest BCUT2D eigenvalue weighted by molar-refractivity contribution is 8.18. The number of phenols is 1. The van der Waals surface area contributed by atoms with E-state index in [0.29, 0.717) is 28.2 Å². The van der Waals surface area contributed by atoms with Crippen molar-refractivity contribution in [2.45, 2.75) is 13.5 Å². The highest BCUT2D eigenvalue weighted by atomic mass is 32.2. The number of phenolic OH excluding ortho intramolecular Hbond substituents is 1. The van der Waals surface area contributed by atoms with E-state index in [4.69, 9.17) is 13.9 Å². The molecule has 1 aliphatic rings. The predicted molar refractivity (Wildman–Crippen MR) is 132 cm³/mol. The zero-order valence-corrected chi connectivity index (χ0v) is 19.5. The lowest BCUT2D eigenvalue weighted by Crippen LogP contribution is -2.28. The molecule has 0 saturated carbocycles. The zero-order valence-electron chi connectivity index (χ0n) is 18.7. The third-order valence-corrected chi connectivity index (χ3v) is 5.83. The highest BCUT2D eigenvalue weighted by Gasteiger charge is 2.34. The summed E-state index contributed by atoms with van der Waals surface area (Å²) in [7, 11) is 1.61. The molecule has 34 heavy (non-hydrogen) atoms. The minimum Gasteiger partial charge on any atom is -0.504 e. The molecule has 3 aromatic rings. The Morgan fingerprint density at radius 1 is 1.15 bits per heavy atom. The summed E-state index contributed by atoms with van der Waals surface area (Å²) in [6.45, 7) is 2.48. The van der Waals surface area contributed by atoms with Gasteiger partial charge in [-0.05, 0) is 84.4 Å². The van der Waals surface area contributed by atoms with Gasteiger partial charge in [-0.25, -0.2) is 0 Å². The maximum absolute atomic E-state index is 13.2. The molecule has 1 N–H and O–H groups in total. The maximum Gasteiger partial charge on any atom is 0.267 e. The van der Waals surface area contributed by atoms with Crippen molar-refractivity contribution >= 4 is 35.1 Å². The summed E-state index contributed by atoms with van der Waals surface area (Å²) in [6, 6.07) is 15.9. The number of carbonyl (C=O) groups is 1. The number of hydrogen-bond acceptors (Lipinski definition) is 8. The fraction of sp³-hybridized carbons (Fsp3) is 0.160. The molecule has 0 radical (unpaired) electrons. The summed E-state index contributed by atoms with van der Waals surface area (Å²) in [4.78, 5) is 15.2. The zero-order chi connectivity index (χ0) is 23.9. The monoisotopic (exact) mass is 477 g/mol.